The molecule has 8 heavy (non-hydrogen) atoms. The third-order valence-corrected chi connectivity index (χ3v) is 1.36. The van der Waals surface area contributed by atoms with Crippen molar-refractivity contribution in [2.75, 3.05) is 0 Å². The van der Waals surface area contributed by atoms with Crippen molar-refractivity contribution in [3.8, 4) is 0 Å². The van der Waals surface area contributed by atoms with E-state index in [1.54, 1.807) is 0 Å². The molecule has 0 nitrogen and oxygen atoms in total. The number of hydrogen-bond acceptors (Lipinski definition) is 0. The maximum absolute atomic E-state index is 2.39. The third-order valence-electron chi connectivity index (χ3n) is 1.36. The first kappa shape index (κ1) is 8.06. The van der Waals surface area contributed by atoms with E-state index in [0.29, 0.717) is 0 Å². The topological polar surface area (TPSA) is 0 Å². The van der Waals surface area contributed by atoms with E-state index in [1.165, 1.54) is 6.42 Å². The van der Waals surface area contributed by atoms with E-state index >= 15 is 0 Å². The van der Waals surface area contributed by atoms with Gasteiger partial charge in [0.1, 0.15) is 7.28 Å². The molecule has 0 rings (SSSR count). The average Bonchev–Trinajstić information content (AvgIpc) is 1.65. The highest BCUT2D eigenvalue weighted by molar-refractivity contribution is 6.39. The van der Waals surface area contributed by atoms with Crippen LogP contribution < -0.4 is 0 Å². The summed E-state index contributed by atoms with van der Waals surface area (Å²) in [5, 5.41) is 0. The van der Waals surface area contributed by atoms with Crippen LogP contribution in [0, 0.1) is 0 Å². The fourth-order valence-corrected chi connectivity index (χ4v) is 0.793. The van der Waals surface area contributed by atoms with Gasteiger partial charge in [-0.05, 0) is 0 Å². The molecule has 1 heteroatoms. The Morgan fingerprint density at radius 1 is 1.25 bits per heavy atom. The maximum Gasteiger partial charge on any atom is 0.116 e. The van der Waals surface area contributed by atoms with Crippen molar-refractivity contribution in [1.29, 1.82) is 0 Å². The van der Waals surface area contributed by atoms with Gasteiger partial charge in [0.15, 0.2) is 0 Å². The minimum Gasteiger partial charge on any atom is -0.0742 e. The highest BCUT2D eigenvalue weighted by Gasteiger charge is 2.02. The Kier molecular flexibility index (Phi) is 4.03. The van der Waals surface area contributed by atoms with Crippen LogP contribution in [0.4, 0.5) is 0 Å². The summed E-state index contributed by atoms with van der Waals surface area (Å²) in [6.07, 6.45) is 1.28. The van der Waals surface area contributed by atoms with Crippen molar-refractivity contribution in [3.63, 3.8) is 0 Å². The zero-order valence-corrected chi connectivity index (χ0v) is 6.44. The molecule has 0 aliphatic carbocycles. The summed E-state index contributed by atoms with van der Waals surface area (Å²) >= 11 is 0. The van der Waals surface area contributed by atoms with Crippen molar-refractivity contribution in [3.05, 3.63) is 0 Å². The summed E-state index contributed by atoms with van der Waals surface area (Å²) in [5.41, 5.74) is 0. The van der Waals surface area contributed by atoms with Gasteiger partial charge in [0.05, 0.1) is 0 Å². The van der Waals surface area contributed by atoms with Gasteiger partial charge in [0, 0.05) is 0 Å². The van der Waals surface area contributed by atoms with Crippen LogP contribution in [-0.4, -0.2) is 7.28 Å². The highest BCUT2D eigenvalue weighted by Crippen LogP contribution is 2.13. The molecule has 1 atom stereocenters. The van der Waals surface area contributed by atoms with E-state index in [4.69, 9.17) is 0 Å². The van der Waals surface area contributed by atoms with E-state index in [9.17, 15) is 0 Å². The molecule has 0 aliphatic rings. The van der Waals surface area contributed by atoms with Crippen molar-refractivity contribution < 1.29 is 0 Å². The van der Waals surface area contributed by atoms with Crippen LogP contribution in [0.25, 0.3) is 0 Å². The van der Waals surface area contributed by atoms with Crippen LogP contribution in [0.2, 0.25) is 11.6 Å². The molecule has 1 radical (unpaired) electrons. The quantitative estimate of drug-likeness (QED) is 0.491. The summed E-state index contributed by atoms with van der Waals surface area (Å²) in [4.78, 5) is 0. The molecule has 0 fully saturated rings. The first-order valence-electron chi connectivity index (χ1n) is 3.51. The lowest BCUT2D eigenvalue weighted by atomic mass is 9.56. The molecule has 0 spiro atoms. The molecule has 0 heterocycles. The minimum absolute atomic E-state index is 0.755. The summed E-state index contributed by atoms with van der Waals surface area (Å²) in [6.45, 7) is 8.95. The molecule has 0 saturated carbocycles. The Morgan fingerprint density at radius 2 is 1.75 bits per heavy atom. The molecule has 0 saturated heterocycles. The lowest BCUT2D eigenvalue weighted by Gasteiger charge is -2.07. The van der Waals surface area contributed by atoms with Gasteiger partial charge in [-0.15, -0.1) is 0 Å². The standard InChI is InChI=1S/C7H16B/c1-5-7(4)8-6(2)3/h6-7H,5H2,1-4H3. The van der Waals surface area contributed by atoms with E-state index in [2.05, 4.69) is 35.0 Å². The predicted octanol–water partition coefficient (Wildman–Crippen LogP) is 2.74. The summed E-state index contributed by atoms with van der Waals surface area (Å²) in [5.74, 6) is 1.56. The van der Waals surface area contributed by atoms with Gasteiger partial charge in [0.2, 0.25) is 0 Å². The Balaban J connectivity index is 3.10. The Labute approximate surface area is 53.9 Å². The van der Waals surface area contributed by atoms with E-state index in [1.807, 2.05) is 0 Å². The fourth-order valence-electron chi connectivity index (χ4n) is 0.793. The van der Waals surface area contributed by atoms with Crippen LogP contribution in [0.5, 0.6) is 0 Å². The second-order valence-corrected chi connectivity index (χ2v) is 2.82. The van der Waals surface area contributed by atoms with Crippen LogP contribution in [0.1, 0.15) is 34.1 Å². The normalized spacial score (nSPS) is 14.1. The van der Waals surface area contributed by atoms with Crippen molar-refractivity contribution in [2.45, 2.75) is 45.8 Å². The molecule has 0 aromatic carbocycles. The van der Waals surface area contributed by atoms with Crippen molar-refractivity contribution in [1.82, 2.24) is 0 Å². The first-order valence-corrected chi connectivity index (χ1v) is 3.51. The Bertz CT molecular complexity index is 50.3. The van der Waals surface area contributed by atoms with Gasteiger partial charge >= 0.3 is 0 Å². The third kappa shape index (κ3) is 4.23. The molecule has 0 amide bonds. The predicted molar refractivity (Wildman–Crippen MR) is 40.6 cm³/mol. The Hall–Kier alpha value is 0.0649. The molecule has 1 unspecified atom stereocenters. The lowest BCUT2D eigenvalue weighted by Crippen LogP contribution is -2.01. The minimum atomic E-state index is 0.755. The van der Waals surface area contributed by atoms with E-state index in [0.717, 1.165) is 11.6 Å². The zero-order valence-electron chi connectivity index (χ0n) is 6.44. The fraction of sp³-hybridized carbons (Fsp3) is 1.00. The van der Waals surface area contributed by atoms with Gasteiger partial charge in [-0.1, -0.05) is 45.8 Å². The van der Waals surface area contributed by atoms with E-state index in [-0.39, 0.29) is 0 Å². The van der Waals surface area contributed by atoms with Gasteiger partial charge in [-0.25, -0.2) is 0 Å². The SMILES string of the molecule is CCC(C)[B]C(C)C. The average molecular weight is 111 g/mol. The Morgan fingerprint density at radius 3 is 1.88 bits per heavy atom. The zero-order chi connectivity index (χ0) is 6.57. The van der Waals surface area contributed by atoms with Gasteiger partial charge in [0.25, 0.3) is 0 Å². The van der Waals surface area contributed by atoms with Gasteiger partial charge < -0.3 is 0 Å². The number of hydrogen-bond donors (Lipinski definition) is 0. The van der Waals surface area contributed by atoms with Crippen molar-refractivity contribution >= 4 is 7.28 Å². The molecule has 0 aromatic heterocycles. The molecular formula is C7H16B. The second kappa shape index (κ2) is 4.00. The number of rotatable bonds is 3. The summed E-state index contributed by atoms with van der Waals surface area (Å²) < 4.78 is 0. The first-order chi connectivity index (χ1) is 3.66. The molecule has 47 valence electrons. The largest absolute Gasteiger partial charge is 0.116 e. The smallest absolute Gasteiger partial charge is 0.0742 e. The second-order valence-electron chi connectivity index (χ2n) is 2.82. The van der Waals surface area contributed by atoms with Crippen molar-refractivity contribution in [2.24, 2.45) is 0 Å². The van der Waals surface area contributed by atoms with Crippen LogP contribution >= 0.6 is 0 Å². The molecular weight excluding hydrogens is 94.9 g/mol. The molecule has 0 aromatic rings. The van der Waals surface area contributed by atoms with Gasteiger partial charge in [-0.2, -0.15) is 0 Å². The lowest BCUT2D eigenvalue weighted by molar-refractivity contribution is 0.845. The summed E-state index contributed by atoms with van der Waals surface area (Å²) in [6, 6.07) is 0. The molecule has 0 bridgehead atoms. The van der Waals surface area contributed by atoms with Crippen LogP contribution in [-0.2, 0) is 0 Å². The highest BCUT2D eigenvalue weighted by atomic mass is 13.9. The monoisotopic (exact) mass is 111 g/mol. The molecule has 0 aliphatic heterocycles. The van der Waals surface area contributed by atoms with Crippen LogP contribution in [0.3, 0.4) is 0 Å². The maximum atomic E-state index is 2.39. The summed E-state index contributed by atoms with van der Waals surface area (Å²) in [7, 11) is 2.39. The molecule has 0 N–H and O–H groups in total. The van der Waals surface area contributed by atoms with Crippen LogP contribution in [0.15, 0.2) is 0 Å². The van der Waals surface area contributed by atoms with Gasteiger partial charge in [-0.3, -0.25) is 0 Å². The van der Waals surface area contributed by atoms with E-state index < -0.39 is 0 Å².